The maximum atomic E-state index is 13.1. The fourth-order valence-electron chi connectivity index (χ4n) is 1.91. The van der Waals surface area contributed by atoms with Gasteiger partial charge in [-0.3, -0.25) is 4.98 Å². The highest BCUT2D eigenvalue weighted by atomic mass is 19.4. The van der Waals surface area contributed by atoms with Gasteiger partial charge < -0.3 is 0 Å². The van der Waals surface area contributed by atoms with Gasteiger partial charge in [0.1, 0.15) is 0 Å². The van der Waals surface area contributed by atoms with Gasteiger partial charge in [0, 0.05) is 17.5 Å². The Morgan fingerprint density at radius 3 is 2.41 bits per heavy atom. The number of nitriles is 1. The predicted molar refractivity (Wildman–Crippen MR) is 80.1 cm³/mol. The van der Waals surface area contributed by atoms with Crippen molar-refractivity contribution in [3.05, 3.63) is 53.3 Å². The molecule has 0 N–H and O–H groups in total. The van der Waals surface area contributed by atoms with E-state index in [0.717, 1.165) is 6.07 Å². The zero-order chi connectivity index (χ0) is 16.8. The molecule has 0 radical (unpaired) electrons. The van der Waals surface area contributed by atoms with Gasteiger partial charge in [0.2, 0.25) is 0 Å². The van der Waals surface area contributed by atoms with Gasteiger partial charge in [0.25, 0.3) is 0 Å². The highest BCUT2D eigenvalue weighted by Gasteiger charge is 2.34. The van der Waals surface area contributed by atoms with Crippen molar-refractivity contribution in [1.82, 2.24) is 4.98 Å². The van der Waals surface area contributed by atoms with Crippen molar-refractivity contribution in [3.8, 4) is 17.2 Å². The van der Waals surface area contributed by atoms with Crippen LogP contribution in [-0.2, 0) is 12.6 Å². The molecule has 2 aromatic rings. The van der Waals surface area contributed by atoms with Crippen LogP contribution in [0.3, 0.4) is 0 Å². The third-order valence-electron chi connectivity index (χ3n) is 2.93. The summed E-state index contributed by atoms with van der Waals surface area (Å²) < 4.78 is 39.4. The number of benzene rings is 1. The first-order valence-electron chi connectivity index (χ1n) is 7.02. The van der Waals surface area contributed by atoms with E-state index in [-0.39, 0.29) is 5.56 Å². The van der Waals surface area contributed by atoms with E-state index in [1.165, 1.54) is 12.3 Å². The fourth-order valence-corrected chi connectivity index (χ4v) is 1.91. The summed E-state index contributed by atoms with van der Waals surface area (Å²) in [5.41, 5.74) is 0.311. The molecule has 22 heavy (non-hydrogen) atoms. The standard InChI is InChI=1S/C15H11F3N2.C2H6/c1-2-12-7-14(15(16,17)18)13(9-20-12)11-5-3-4-10(6-11)8-19;1-2/h3-7,9H,2H2,1H3;1-2H3. The summed E-state index contributed by atoms with van der Waals surface area (Å²) in [7, 11) is 0. The lowest BCUT2D eigenvalue weighted by molar-refractivity contribution is -0.137. The predicted octanol–water partition coefficient (Wildman–Crippen LogP) is 5.23. The number of aryl methyl sites for hydroxylation is 1. The molecule has 0 aliphatic carbocycles. The largest absolute Gasteiger partial charge is 0.417 e. The highest BCUT2D eigenvalue weighted by molar-refractivity contribution is 5.68. The molecule has 0 bridgehead atoms. The van der Waals surface area contributed by atoms with Crippen molar-refractivity contribution in [3.63, 3.8) is 0 Å². The first kappa shape index (κ1) is 17.7. The quantitative estimate of drug-likeness (QED) is 0.762. The number of hydrogen-bond acceptors (Lipinski definition) is 2. The third kappa shape index (κ3) is 4.08. The molecule has 1 aromatic carbocycles. The van der Waals surface area contributed by atoms with Gasteiger partial charge in [0.15, 0.2) is 0 Å². The Morgan fingerprint density at radius 1 is 1.18 bits per heavy atom. The Morgan fingerprint density at radius 2 is 1.86 bits per heavy atom. The van der Waals surface area contributed by atoms with Crippen LogP contribution in [0.5, 0.6) is 0 Å². The number of aromatic nitrogens is 1. The van der Waals surface area contributed by atoms with Crippen molar-refractivity contribution in [1.29, 1.82) is 5.26 Å². The van der Waals surface area contributed by atoms with Gasteiger partial charge in [-0.2, -0.15) is 18.4 Å². The molecule has 116 valence electrons. The molecule has 0 fully saturated rings. The Bertz CT molecular complexity index is 670. The Hall–Kier alpha value is -2.35. The van der Waals surface area contributed by atoms with Crippen molar-refractivity contribution >= 4 is 0 Å². The fraction of sp³-hybridized carbons (Fsp3) is 0.294. The van der Waals surface area contributed by atoms with Gasteiger partial charge in [-0.1, -0.05) is 32.9 Å². The lowest BCUT2D eigenvalue weighted by atomic mass is 9.99. The minimum atomic E-state index is -4.45. The molecule has 0 spiro atoms. The molecule has 0 aliphatic heterocycles. The summed E-state index contributed by atoms with van der Waals surface area (Å²) in [4.78, 5) is 4.02. The van der Waals surface area contributed by atoms with E-state index in [1.807, 2.05) is 19.9 Å². The second-order valence-electron chi connectivity index (χ2n) is 4.27. The van der Waals surface area contributed by atoms with Crippen LogP contribution in [0.2, 0.25) is 0 Å². The lowest BCUT2D eigenvalue weighted by Crippen LogP contribution is -2.09. The molecule has 0 saturated carbocycles. The van der Waals surface area contributed by atoms with Crippen LogP contribution < -0.4 is 0 Å². The van der Waals surface area contributed by atoms with Crippen molar-refractivity contribution < 1.29 is 13.2 Å². The van der Waals surface area contributed by atoms with Gasteiger partial charge in [-0.25, -0.2) is 0 Å². The number of alkyl halides is 3. The van der Waals surface area contributed by atoms with Crippen LogP contribution in [0.25, 0.3) is 11.1 Å². The summed E-state index contributed by atoms with van der Waals surface area (Å²) in [6.45, 7) is 5.75. The zero-order valence-corrected chi connectivity index (χ0v) is 12.7. The van der Waals surface area contributed by atoms with E-state index in [2.05, 4.69) is 4.98 Å². The van der Waals surface area contributed by atoms with Crippen LogP contribution in [0, 0.1) is 11.3 Å². The van der Waals surface area contributed by atoms with Crippen LogP contribution in [0.1, 0.15) is 37.6 Å². The van der Waals surface area contributed by atoms with Crippen molar-refractivity contribution in [2.24, 2.45) is 0 Å². The minimum absolute atomic E-state index is 0.00759. The normalized spacial score (nSPS) is 10.4. The molecule has 5 heteroatoms. The minimum Gasteiger partial charge on any atom is -0.261 e. The molecule has 0 saturated heterocycles. The molecular weight excluding hydrogens is 289 g/mol. The molecule has 0 aliphatic rings. The van der Waals surface area contributed by atoms with Crippen molar-refractivity contribution in [2.45, 2.75) is 33.4 Å². The molecule has 2 rings (SSSR count). The van der Waals surface area contributed by atoms with Crippen LogP contribution in [-0.4, -0.2) is 4.98 Å². The van der Waals surface area contributed by atoms with Gasteiger partial charge in [0.05, 0.1) is 17.2 Å². The maximum absolute atomic E-state index is 13.1. The van der Waals surface area contributed by atoms with Crippen LogP contribution >= 0.6 is 0 Å². The highest BCUT2D eigenvalue weighted by Crippen LogP contribution is 2.37. The average molecular weight is 306 g/mol. The molecule has 2 nitrogen and oxygen atoms in total. The van der Waals surface area contributed by atoms with E-state index in [1.54, 1.807) is 25.1 Å². The van der Waals surface area contributed by atoms with E-state index in [4.69, 9.17) is 5.26 Å². The maximum Gasteiger partial charge on any atom is 0.417 e. The number of pyridine rings is 1. The topological polar surface area (TPSA) is 36.7 Å². The first-order chi connectivity index (χ1) is 10.5. The zero-order valence-electron chi connectivity index (χ0n) is 12.7. The van der Waals surface area contributed by atoms with E-state index >= 15 is 0 Å². The number of hydrogen-bond donors (Lipinski definition) is 0. The number of nitrogens with zero attached hydrogens (tertiary/aromatic N) is 2. The number of halogens is 3. The molecule has 0 unspecified atom stereocenters. The summed E-state index contributed by atoms with van der Waals surface area (Å²) in [5.74, 6) is 0. The van der Waals surface area contributed by atoms with Gasteiger partial charge >= 0.3 is 6.18 Å². The average Bonchev–Trinajstić information content (AvgIpc) is 2.55. The monoisotopic (exact) mass is 306 g/mol. The van der Waals surface area contributed by atoms with Crippen LogP contribution in [0.4, 0.5) is 13.2 Å². The van der Waals surface area contributed by atoms with Gasteiger partial charge in [-0.05, 0) is 30.2 Å². The van der Waals surface area contributed by atoms with E-state index in [0.29, 0.717) is 23.2 Å². The van der Waals surface area contributed by atoms with Crippen molar-refractivity contribution in [2.75, 3.05) is 0 Å². The van der Waals surface area contributed by atoms with E-state index < -0.39 is 11.7 Å². The Labute approximate surface area is 128 Å². The summed E-state index contributed by atoms with van der Waals surface area (Å²) in [6, 6.07) is 9.05. The third-order valence-corrected chi connectivity index (χ3v) is 2.93. The summed E-state index contributed by atoms with van der Waals surface area (Å²) in [6.07, 6.45) is -2.80. The number of rotatable bonds is 2. The SMILES string of the molecule is CC.CCc1cc(C(F)(F)F)c(-c2cccc(C#N)c2)cn1. The second kappa shape index (κ2) is 7.60. The molecule has 1 heterocycles. The van der Waals surface area contributed by atoms with Gasteiger partial charge in [-0.15, -0.1) is 0 Å². The first-order valence-corrected chi connectivity index (χ1v) is 7.02. The Kier molecular flexibility index (Phi) is 6.11. The summed E-state index contributed by atoms with van der Waals surface area (Å²) in [5, 5.41) is 8.83. The Balaban J connectivity index is 0.00000116. The summed E-state index contributed by atoms with van der Waals surface area (Å²) >= 11 is 0. The molecule has 0 atom stereocenters. The van der Waals surface area contributed by atoms with E-state index in [9.17, 15) is 13.2 Å². The smallest absolute Gasteiger partial charge is 0.261 e. The second-order valence-corrected chi connectivity index (χ2v) is 4.27. The van der Waals surface area contributed by atoms with Crippen LogP contribution in [0.15, 0.2) is 36.5 Å². The molecular formula is C17H17F3N2. The lowest BCUT2D eigenvalue weighted by Gasteiger charge is -2.14. The molecule has 1 aromatic heterocycles. The molecule has 0 amide bonds.